The lowest BCUT2D eigenvalue weighted by atomic mass is 10.0. The molecule has 1 aliphatic heterocycles. The topological polar surface area (TPSA) is 35.5 Å². The standard InChI is InChI=1S/C12H17BrN2O/c1-14-12(9-16)6-7-15(8-12)11-4-2-10(13)3-5-11/h2-5,14,16H,6-9H2,1H3. The number of benzene rings is 1. The minimum Gasteiger partial charge on any atom is -0.394 e. The van der Waals surface area contributed by atoms with Crippen LogP contribution in [0.1, 0.15) is 6.42 Å². The Hall–Kier alpha value is -0.580. The fraction of sp³-hybridized carbons (Fsp3) is 0.500. The zero-order valence-electron chi connectivity index (χ0n) is 9.41. The van der Waals surface area contributed by atoms with Gasteiger partial charge in [-0.3, -0.25) is 0 Å². The first-order valence-electron chi connectivity index (χ1n) is 5.49. The molecule has 1 unspecified atom stereocenters. The van der Waals surface area contributed by atoms with Crippen LogP contribution in [0.25, 0.3) is 0 Å². The third kappa shape index (κ3) is 2.24. The number of anilines is 1. The summed E-state index contributed by atoms with van der Waals surface area (Å²) in [5.41, 5.74) is 1.08. The van der Waals surface area contributed by atoms with Gasteiger partial charge in [-0.15, -0.1) is 0 Å². The van der Waals surface area contributed by atoms with Crippen LogP contribution in [-0.4, -0.2) is 37.4 Å². The summed E-state index contributed by atoms with van der Waals surface area (Å²) < 4.78 is 1.09. The van der Waals surface area contributed by atoms with E-state index in [1.54, 1.807) is 0 Å². The first-order valence-corrected chi connectivity index (χ1v) is 6.29. The Bertz CT molecular complexity index is 349. The minimum absolute atomic E-state index is 0.132. The molecule has 0 spiro atoms. The van der Waals surface area contributed by atoms with Crippen molar-refractivity contribution in [1.29, 1.82) is 0 Å². The van der Waals surface area contributed by atoms with E-state index in [1.807, 2.05) is 19.2 Å². The van der Waals surface area contributed by atoms with Crippen LogP contribution in [-0.2, 0) is 0 Å². The molecule has 1 aromatic carbocycles. The molecule has 16 heavy (non-hydrogen) atoms. The smallest absolute Gasteiger partial charge is 0.0631 e. The molecule has 1 fully saturated rings. The van der Waals surface area contributed by atoms with E-state index in [0.717, 1.165) is 24.0 Å². The van der Waals surface area contributed by atoms with Crippen LogP contribution in [0.3, 0.4) is 0 Å². The molecule has 2 N–H and O–H groups in total. The lowest BCUT2D eigenvalue weighted by Gasteiger charge is -2.27. The predicted molar refractivity (Wildman–Crippen MR) is 69.8 cm³/mol. The molecule has 4 heteroatoms. The second-order valence-electron chi connectivity index (χ2n) is 4.34. The van der Waals surface area contributed by atoms with Crippen LogP contribution >= 0.6 is 15.9 Å². The maximum absolute atomic E-state index is 9.43. The molecule has 0 aromatic heterocycles. The third-order valence-corrected chi connectivity index (χ3v) is 3.91. The van der Waals surface area contributed by atoms with E-state index in [4.69, 9.17) is 0 Å². The summed E-state index contributed by atoms with van der Waals surface area (Å²) in [5.74, 6) is 0. The van der Waals surface area contributed by atoms with Crippen molar-refractivity contribution in [2.45, 2.75) is 12.0 Å². The quantitative estimate of drug-likeness (QED) is 0.885. The number of hydrogen-bond acceptors (Lipinski definition) is 3. The van der Waals surface area contributed by atoms with Gasteiger partial charge >= 0.3 is 0 Å². The lowest BCUT2D eigenvalue weighted by molar-refractivity contribution is 0.184. The van der Waals surface area contributed by atoms with Crippen LogP contribution in [0.15, 0.2) is 28.7 Å². The van der Waals surface area contributed by atoms with Crippen LogP contribution < -0.4 is 10.2 Å². The highest BCUT2D eigenvalue weighted by Gasteiger charge is 2.36. The molecule has 1 aromatic rings. The second-order valence-corrected chi connectivity index (χ2v) is 5.25. The lowest BCUT2D eigenvalue weighted by Crippen LogP contribution is -2.48. The number of likely N-dealkylation sites (N-methyl/N-ethyl adjacent to an activating group) is 1. The summed E-state index contributed by atoms with van der Waals surface area (Å²) in [6, 6.07) is 8.31. The molecule has 1 aliphatic rings. The molecular formula is C12H17BrN2O. The molecule has 1 atom stereocenters. The van der Waals surface area contributed by atoms with Gasteiger partial charge in [-0.05, 0) is 37.7 Å². The largest absolute Gasteiger partial charge is 0.394 e. The van der Waals surface area contributed by atoms with Gasteiger partial charge in [-0.2, -0.15) is 0 Å². The van der Waals surface area contributed by atoms with Gasteiger partial charge in [0, 0.05) is 23.2 Å². The first kappa shape index (κ1) is 11.9. The van der Waals surface area contributed by atoms with Gasteiger partial charge in [0.1, 0.15) is 0 Å². The second kappa shape index (κ2) is 4.73. The van der Waals surface area contributed by atoms with Crippen molar-refractivity contribution >= 4 is 21.6 Å². The van der Waals surface area contributed by atoms with Gasteiger partial charge in [0.15, 0.2) is 0 Å². The molecule has 0 amide bonds. The van der Waals surface area contributed by atoms with Crippen LogP contribution in [0, 0.1) is 0 Å². The normalized spacial score (nSPS) is 25.1. The number of rotatable bonds is 3. The third-order valence-electron chi connectivity index (χ3n) is 3.38. The van der Waals surface area contributed by atoms with Gasteiger partial charge < -0.3 is 15.3 Å². The van der Waals surface area contributed by atoms with Crippen molar-refractivity contribution in [3.8, 4) is 0 Å². The van der Waals surface area contributed by atoms with Crippen LogP contribution in [0.4, 0.5) is 5.69 Å². The van der Waals surface area contributed by atoms with Crippen molar-refractivity contribution in [1.82, 2.24) is 5.32 Å². The Balaban J connectivity index is 2.11. The van der Waals surface area contributed by atoms with Crippen molar-refractivity contribution in [2.24, 2.45) is 0 Å². The molecule has 2 rings (SSSR count). The van der Waals surface area contributed by atoms with Crippen molar-refractivity contribution < 1.29 is 5.11 Å². The van der Waals surface area contributed by atoms with E-state index in [2.05, 4.69) is 38.3 Å². The van der Waals surface area contributed by atoms with Crippen molar-refractivity contribution in [3.63, 3.8) is 0 Å². The molecule has 0 bridgehead atoms. The Morgan fingerprint density at radius 3 is 2.62 bits per heavy atom. The highest BCUT2D eigenvalue weighted by atomic mass is 79.9. The average Bonchev–Trinajstić information content (AvgIpc) is 2.75. The number of hydrogen-bond donors (Lipinski definition) is 2. The number of nitrogens with one attached hydrogen (secondary N) is 1. The highest BCUT2D eigenvalue weighted by Crippen LogP contribution is 2.27. The number of nitrogens with zero attached hydrogens (tertiary/aromatic N) is 1. The first-order chi connectivity index (χ1) is 7.69. The Morgan fingerprint density at radius 2 is 2.12 bits per heavy atom. The highest BCUT2D eigenvalue weighted by molar-refractivity contribution is 9.10. The zero-order valence-corrected chi connectivity index (χ0v) is 11.0. The molecule has 0 saturated carbocycles. The number of aliphatic hydroxyl groups excluding tert-OH is 1. The maximum atomic E-state index is 9.43. The summed E-state index contributed by atoms with van der Waals surface area (Å²) in [6.07, 6.45) is 0.982. The van der Waals surface area contributed by atoms with E-state index >= 15 is 0 Å². The molecule has 1 heterocycles. The molecule has 1 saturated heterocycles. The maximum Gasteiger partial charge on any atom is 0.0631 e. The van der Waals surface area contributed by atoms with Crippen LogP contribution in [0.2, 0.25) is 0 Å². The summed E-state index contributed by atoms with van der Waals surface area (Å²) in [6.45, 7) is 2.04. The van der Waals surface area contributed by atoms with Crippen molar-refractivity contribution in [3.05, 3.63) is 28.7 Å². The molecule has 88 valence electrons. The fourth-order valence-electron chi connectivity index (χ4n) is 2.16. The van der Waals surface area contributed by atoms with E-state index in [9.17, 15) is 5.11 Å². The van der Waals surface area contributed by atoms with E-state index < -0.39 is 0 Å². The number of aliphatic hydroxyl groups is 1. The summed E-state index contributed by atoms with van der Waals surface area (Å²) in [5, 5.41) is 12.7. The van der Waals surface area contributed by atoms with Gasteiger partial charge in [0.25, 0.3) is 0 Å². The fourth-order valence-corrected chi connectivity index (χ4v) is 2.42. The van der Waals surface area contributed by atoms with Gasteiger partial charge in [-0.25, -0.2) is 0 Å². The molecule has 0 aliphatic carbocycles. The van der Waals surface area contributed by atoms with Gasteiger partial charge in [-0.1, -0.05) is 15.9 Å². The Kier molecular flexibility index (Phi) is 3.52. The predicted octanol–water partition coefficient (Wildman–Crippen LogP) is 1.61. The number of halogens is 1. The molecule has 0 radical (unpaired) electrons. The van der Waals surface area contributed by atoms with E-state index in [1.165, 1.54) is 5.69 Å². The van der Waals surface area contributed by atoms with Crippen LogP contribution in [0.5, 0.6) is 0 Å². The Morgan fingerprint density at radius 1 is 1.44 bits per heavy atom. The van der Waals surface area contributed by atoms with Gasteiger partial charge in [0.05, 0.1) is 12.1 Å². The summed E-state index contributed by atoms with van der Waals surface area (Å²) >= 11 is 3.43. The van der Waals surface area contributed by atoms with E-state index in [0.29, 0.717) is 0 Å². The average molecular weight is 285 g/mol. The van der Waals surface area contributed by atoms with Gasteiger partial charge in [0.2, 0.25) is 0 Å². The van der Waals surface area contributed by atoms with E-state index in [-0.39, 0.29) is 12.1 Å². The molecule has 3 nitrogen and oxygen atoms in total. The summed E-state index contributed by atoms with van der Waals surface area (Å²) in [7, 11) is 1.92. The zero-order chi connectivity index (χ0) is 11.6. The molecular weight excluding hydrogens is 268 g/mol. The van der Waals surface area contributed by atoms with Crippen molar-refractivity contribution in [2.75, 3.05) is 31.6 Å². The Labute approximate surface area is 105 Å². The monoisotopic (exact) mass is 284 g/mol. The minimum atomic E-state index is -0.132. The summed E-state index contributed by atoms with van der Waals surface area (Å²) in [4.78, 5) is 2.30. The SMILES string of the molecule is CNC1(CO)CCN(c2ccc(Br)cc2)C1.